The normalized spacial score (nSPS) is 8.90. The van der Waals surface area contributed by atoms with E-state index in [4.69, 9.17) is 5.73 Å². The van der Waals surface area contributed by atoms with Crippen LogP contribution in [-0.2, 0) is 11.3 Å². The van der Waals surface area contributed by atoms with Crippen LogP contribution in [0.4, 0.5) is 0 Å². The predicted molar refractivity (Wildman–Crippen MR) is 87.7 cm³/mol. The lowest BCUT2D eigenvalue weighted by Crippen LogP contribution is -2.23. The molecule has 0 aliphatic carbocycles. The van der Waals surface area contributed by atoms with Gasteiger partial charge in [-0.15, -0.1) is 13.2 Å². The lowest BCUT2D eigenvalue weighted by Gasteiger charge is -2.16. The molecule has 0 saturated heterocycles. The second kappa shape index (κ2) is 16.9. The minimum atomic E-state index is 0.649. The van der Waals surface area contributed by atoms with E-state index in [0.717, 1.165) is 18.4 Å². The molecule has 0 spiro atoms. The smallest absolute Gasteiger partial charge is 0.210 e. The van der Waals surface area contributed by atoms with E-state index in [-0.39, 0.29) is 0 Å². The van der Waals surface area contributed by atoms with Crippen LogP contribution in [0, 0.1) is 0 Å². The first-order valence-corrected chi connectivity index (χ1v) is 6.80. The van der Waals surface area contributed by atoms with Crippen molar-refractivity contribution in [2.24, 2.45) is 10.7 Å². The minimum absolute atomic E-state index is 0.649. The molecule has 0 heterocycles. The minimum Gasteiger partial charge on any atom is -0.390 e. The van der Waals surface area contributed by atoms with Gasteiger partial charge in [0.1, 0.15) is 0 Å². The fourth-order valence-electron chi connectivity index (χ4n) is 1.43. The first-order valence-electron chi connectivity index (χ1n) is 6.80. The molecule has 112 valence electrons. The molecule has 1 aromatic rings. The molecule has 4 nitrogen and oxygen atoms in total. The van der Waals surface area contributed by atoms with Gasteiger partial charge in [0.05, 0.1) is 6.34 Å². The highest BCUT2D eigenvalue weighted by atomic mass is 16.1. The van der Waals surface area contributed by atoms with E-state index in [1.54, 1.807) is 4.90 Å². The van der Waals surface area contributed by atoms with Gasteiger partial charge in [-0.25, -0.2) is 0 Å². The average Bonchev–Trinajstić information content (AvgIpc) is 2.55. The summed E-state index contributed by atoms with van der Waals surface area (Å²) in [7, 11) is 0. The number of nitrogens with zero attached hydrogens (tertiary/aromatic N) is 2. The first-order chi connectivity index (χ1) is 9.86. The summed E-state index contributed by atoms with van der Waals surface area (Å²) in [6, 6.07) is 9.92. The van der Waals surface area contributed by atoms with Crippen LogP contribution in [0.5, 0.6) is 0 Å². The predicted octanol–water partition coefficient (Wildman–Crippen LogP) is 2.85. The van der Waals surface area contributed by atoms with Crippen molar-refractivity contribution in [3.8, 4) is 0 Å². The molecule has 20 heavy (non-hydrogen) atoms. The lowest BCUT2D eigenvalue weighted by atomic mass is 10.2. The monoisotopic (exact) mass is 277 g/mol. The summed E-state index contributed by atoms with van der Waals surface area (Å²) < 4.78 is 0. The highest BCUT2D eigenvalue weighted by molar-refractivity contribution is 5.51. The molecular formula is C16H27N3O. The van der Waals surface area contributed by atoms with Gasteiger partial charge in [0.15, 0.2) is 0 Å². The summed E-state index contributed by atoms with van der Waals surface area (Å²) >= 11 is 0. The van der Waals surface area contributed by atoms with Crippen LogP contribution in [0.3, 0.4) is 0 Å². The van der Waals surface area contributed by atoms with Crippen LogP contribution in [0.25, 0.3) is 0 Å². The molecule has 0 unspecified atom stereocenters. The van der Waals surface area contributed by atoms with Crippen molar-refractivity contribution in [3.05, 3.63) is 49.1 Å². The second-order valence-corrected chi connectivity index (χ2v) is 3.47. The zero-order valence-corrected chi connectivity index (χ0v) is 12.7. The van der Waals surface area contributed by atoms with Crippen molar-refractivity contribution in [1.29, 1.82) is 0 Å². The summed E-state index contributed by atoms with van der Waals surface area (Å²) in [4.78, 5) is 16.5. The Hall–Kier alpha value is -2.10. The van der Waals surface area contributed by atoms with E-state index in [1.165, 1.54) is 6.34 Å². The van der Waals surface area contributed by atoms with E-state index in [0.29, 0.717) is 19.6 Å². The molecule has 0 aliphatic heterocycles. The molecule has 1 aromatic carbocycles. The molecule has 0 fully saturated rings. The van der Waals surface area contributed by atoms with Gasteiger partial charge >= 0.3 is 0 Å². The van der Waals surface area contributed by atoms with Crippen molar-refractivity contribution >= 4 is 12.7 Å². The number of rotatable bonds is 7. The van der Waals surface area contributed by atoms with Gasteiger partial charge in [-0.3, -0.25) is 9.79 Å². The summed E-state index contributed by atoms with van der Waals surface area (Å²) in [5.74, 6) is 0. The topological polar surface area (TPSA) is 58.7 Å². The summed E-state index contributed by atoms with van der Waals surface area (Å²) in [6.07, 6.45) is 3.00. The fraction of sp³-hybridized carbons (Fsp3) is 0.375. The molecule has 0 saturated carbocycles. The fourth-order valence-corrected chi connectivity index (χ4v) is 1.43. The third-order valence-corrected chi connectivity index (χ3v) is 2.22. The summed E-state index contributed by atoms with van der Waals surface area (Å²) in [5, 5.41) is 0. The molecule has 0 bridgehead atoms. The Kier molecular flexibility index (Phi) is 17.1. The highest BCUT2D eigenvalue weighted by Gasteiger charge is 2.01. The van der Waals surface area contributed by atoms with Crippen LogP contribution in [0.1, 0.15) is 25.8 Å². The maximum Gasteiger partial charge on any atom is 0.210 e. The molecule has 4 heteroatoms. The van der Waals surface area contributed by atoms with Crippen molar-refractivity contribution in [2.75, 3.05) is 13.1 Å². The van der Waals surface area contributed by atoms with E-state index in [2.05, 4.69) is 18.2 Å². The van der Waals surface area contributed by atoms with Gasteiger partial charge in [-0.05, 0) is 12.0 Å². The Morgan fingerprint density at radius 2 is 1.85 bits per heavy atom. The van der Waals surface area contributed by atoms with Crippen molar-refractivity contribution in [1.82, 2.24) is 4.90 Å². The summed E-state index contributed by atoms with van der Waals surface area (Å²) in [5.41, 5.74) is 6.26. The first kappa shape index (κ1) is 20.2. The molecule has 0 aliphatic rings. The number of nitrogens with two attached hydrogens (primary N) is 1. The second-order valence-electron chi connectivity index (χ2n) is 3.47. The third kappa shape index (κ3) is 11.0. The molecular weight excluding hydrogens is 250 g/mol. The average molecular weight is 277 g/mol. The quantitative estimate of drug-likeness (QED) is 0.274. The Balaban J connectivity index is 0. The van der Waals surface area contributed by atoms with Crippen molar-refractivity contribution in [3.63, 3.8) is 0 Å². The zero-order chi connectivity index (χ0) is 15.6. The Bertz CT molecular complexity index is 339. The van der Waals surface area contributed by atoms with Crippen LogP contribution in [-0.4, -0.2) is 30.7 Å². The van der Waals surface area contributed by atoms with Gasteiger partial charge in [0.2, 0.25) is 6.41 Å². The van der Waals surface area contributed by atoms with Gasteiger partial charge in [-0.2, -0.15) is 0 Å². The molecule has 0 aromatic heterocycles. The van der Waals surface area contributed by atoms with E-state index < -0.39 is 0 Å². The molecule has 1 rings (SSSR count). The number of hydrogen-bond acceptors (Lipinski definition) is 2. The van der Waals surface area contributed by atoms with E-state index in [9.17, 15) is 4.79 Å². The maximum atomic E-state index is 10.8. The number of aliphatic imine (C=N–C) groups is 1. The van der Waals surface area contributed by atoms with Crippen LogP contribution < -0.4 is 5.73 Å². The Morgan fingerprint density at radius 3 is 2.35 bits per heavy atom. The molecule has 0 atom stereocenters. The standard InChI is InChI=1S/C12H17N3O.C2H6.C2H4/c13-10-14-7-4-8-15(11-16)9-12-5-2-1-3-6-12;2*1-2/h1-3,5-6,10-11H,4,7-9H2,(H2,13,14);1-2H3;1-2H2. The Morgan fingerprint density at radius 1 is 1.25 bits per heavy atom. The lowest BCUT2D eigenvalue weighted by molar-refractivity contribution is -0.118. The Labute approximate surface area is 123 Å². The largest absolute Gasteiger partial charge is 0.390 e. The highest BCUT2D eigenvalue weighted by Crippen LogP contribution is 2.03. The number of carbonyl (C=O) groups is 1. The van der Waals surface area contributed by atoms with Gasteiger partial charge < -0.3 is 10.6 Å². The van der Waals surface area contributed by atoms with Crippen molar-refractivity contribution in [2.45, 2.75) is 26.8 Å². The number of amides is 1. The number of carbonyl (C=O) groups excluding carboxylic acids is 1. The molecule has 2 N–H and O–H groups in total. The van der Waals surface area contributed by atoms with Gasteiger partial charge in [-0.1, -0.05) is 44.2 Å². The molecule has 0 radical (unpaired) electrons. The number of hydrogen-bond donors (Lipinski definition) is 1. The maximum absolute atomic E-state index is 10.8. The van der Waals surface area contributed by atoms with E-state index >= 15 is 0 Å². The molecule has 1 amide bonds. The van der Waals surface area contributed by atoms with Crippen LogP contribution in [0.2, 0.25) is 0 Å². The van der Waals surface area contributed by atoms with Crippen molar-refractivity contribution < 1.29 is 4.79 Å². The zero-order valence-electron chi connectivity index (χ0n) is 12.7. The van der Waals surface area contributed by atoms with Gasteiger partial charge in [0.25, 0.3) is 0 Å². The van der Waals surface area contributed by atoms with Gasteiger partial charge in [0, 0.05) is 19.6 Å². The number of benzene rings is 1. The van der Waals surface area contributed by atoms with E-state index in [1.807, 2.05) is 44.2 Å². The SMILES string of the molecule is C=C.CC.NC=NCCCN(C=O)Cc1ccccc1. The van der Waals surface area contributed by atoms with Crippen LogP contribution >= 0.6 is 0 Å². The van der Waals surface area contributed by atoms with Crippen LogP contribution in [0.15, 0.2) is 48.5 Å². The third-order valence-electron chi connectivity index (χ3n) is 2.22. The summed E-state index contributed by atoms with van der Waals surface area (Å²) in [6.45, 7) is 12.0.